The van der Waals surface area contributed by atoms with E-state index in [1.807, 2.05) is 13.8 Å². The molecule has 0 atom stereocenters. The number of nitrogens with two attached hydrogens (primary N) is 1. The number of nitrogens with one attached hydrogen (secondary N) is 1. The fourth-order valence-corrected chi connectivity index (χ4v) is 4.43. The highest BCUT2D eigenvalue weighted by molar-refractivity contribution is 7.81. The summed E-state index contributed by atoms with van der Waals surface area (Å²) in [5.41, 5.74) is 11.5. The molecule has 1 heterocycles. The van der Waals surface area contributed by atoms with E-state index in [9.17, 15) is 0 Å². The van der Waals surface area contributed by atoms with E-state index in [0.29, 0.717) is 0 Å². The summed E-state index contributed by atoms with van der Waals surface area (Å²) in [5.74, 6) is 0. The van der Waals surface area contributed by atoms with Gasteiger partial charge in [-0.05, 0) is 51.6 Å². The molecule has 3 N–H and O–H groups in total. The van der Waals surface area contributed by atoms with E-state index in [1.165, 1.54) is 34.0 Å². The molecular formula is C29H42N4S. The Bertz CT molecular complexity index is 1040. The van der Waals surface area contributed by atoms with Crippen molar-refractivity contribution in [2.24, 2.45) is 5.73 Å². The average molecular weight is 479 g/mol. The van der Waals surface area contributed by atoms with Crippen LogP contribution in [0.15, 0.2) is 54.6 Å². The smallest absolute Gasteiger partial charge is 0.111 e. The summed E-state index contributed by atoms with van der Waals surface area (Å²) in [6.07, 6.45) is 1.22. The second-order valence-corrected chi connectivity index (χ2v) is 8.81. The molecule has 0 bridgehead atoms. The Balaban J connectivity index is 0.000000350. The van der Waals surface area contributed by atoms with Gasteiger partial charge in [0.1, 0.15) is 4.99 Å². The minimum atomic E-state index is 0.774. The van der Waals surface area contributed by atoms with Crippen molar-refractivity contribution < 1.29 is 0 Å². The lowest BCUT2D eigenvalue weighted by Gasteiger charge is -2.25. The number of hydrogen-bond acceptors (Lipinski definition) is 4. The zero-order valence-electron chi connectivity index (χ0n) is 21.8. The molecule has 0 amide bonds. The number of nitrogens with zero attached hydrogens (tertiary/aromatic N) is 2. The quantitative estimate of drug-likeness (QED) is 0.358. The molecule has 34 heavy (non-hydrogen) atoms. The monoisotopic (exact) mass is 478 g/mol. The highest BCUT2D eigenvalue weighted by Crippen LogP contribution is 2.39. The second kappa shape index (κ2) is 14.1. The summed E-state index contributed by atoms with van der Waals surface area (Å²) in [6, 6.07) is 19.6. The Morgan fingerprint density at radius 2 is 1.65 bits per heavy atom. The van der Waals surface area contributed by atoms with Crippen molar-refractivity contribution in [2.75, 3.05) is 43.4 Å². The molecular weight excluding hydrogens is 436 g/mol. The third-order valence-electron chi connectivity index (χ3n) is 5.84. The van der Waals surface area contributed by atoms with Crippen molar-refractivity contribution in [1.29, 1.82) is 0 Å². The van der Waals surface area contributed by atoms with Crippen LogP contribution in [0.2, 0.25) is 0 Å². The molecule has 0 spiro atoms. The van der Waals surface area contributed by atoms with Crippen LogP contribution in [0.25, 0.3) is 10.8 Å². The molecule has 184 valence electrons. The molecule has 0 unspecified atom stereocenters. The Morgan fingerprint density at radius 1 is 0.941 bits per heavy atom. The maximum absolute atomic E-state index is 5.47. The molecule has 4 rings (SSSR count). The van der Waals surface area contributed by atoms with E-state index < -0.39 is 0 Å². The number of likely N-dealkylation sites (N-methyl/N-ethyl adjacent to an activating group) is 1. The standard InChI is InChI=1S/C21H20N2S.C6H16N2.C2H6/c1-3-23(13-15-9-7-14(2)8-10-15)19-12-11-18-20-16(19)5-4-6-17(20)21(24)22-18;1-3-5-8(2)6-4-7;1-2/h4-12H,3,13H2,1-2H3,(H,22,24);3-7H2,1-2H3;1-2H3. The highest BCUT2D eigenvalue weighted by Gasteiger charge is 2.21. The van der Waals surface area contributed by atoms with Crippen LogP contribution < -0.4 is 16.0 Å². The summed E-state index contributed by atoms with van der Waals surface area (Å²) in [5, 5.41) is 5.85. The van der Waals surface area contributed by atoms with E-state index in [-0.39, 0.29) is 0 Å². The molecule has 1 aliphatic heterocycles. The first-order valence-corrected chi connectivity index (χ1v) is 13.0. The van der Waals surface area contributed by atoms with Crippen LogP contribution >= 0.6 is 12.2 Å². The van der Waals surface area contributed by atoms with Gasteiger partial charge in [-0.1, -0.05) is 81.0 Å². The molecule has 1 aliphatic rings. The van der Waals surface area contributed by atoms with Crippen LogP contribution in [0.3, 0.4) is 0 Å². The highest BCUT2D eigenvalue weighted by atomic mass is 32.1. The lowest BCUT2D eigenvalue weighted by Crippen LogP contribution is -2.25. The van der Waals surface area contributed by atoms with Crippen molar-refractivity contribution in [3.63, 3.8) is 0 Å². The van der Waals surface area contributed by atoms with Crippen molar-refractivity contribution >= 4 is 39.4 Å². The van der Waals surface area contributed by atoms with Gasteiger partial charge in [0.15, 0.2) is 0 Å². The Labute approximate surface area is 212 Å². The van der Waals surface area contributed by atoms with Gasteiger partial charge in [0, 0.05) is 53.9 Å². The first-order chi connectivity index (χ1) is 16.5. The molecule has 3 aromatic rings. The van der Waals surface area contributed by atoms with Crippen LogP contribution in [0, 0.1) is 6.92 Å². The molecule has 0 aliphatic carbocycles. The number of rotatable bonds is 8. The number of hydrogen-bond donors (Lipinski definition) is 2. The summed E-state index contributed by atoms with van der Waals surface area (Å²) in [7, 11) is 2.09. The van der Waals surface area contributed by atoms with Gasteiger partial charge < -0.3 is 20.9 Å². The largest absolute Gasteiger partial charge is 0.367 e. The first-order valence-electron chi connectivity index (χ1n) is 12.5. The lowest BCUT2D eigenvalue weighted by molar-refractivity contribution is 0.344. The average Bonchev–Trinajstić information content (AvgIpc) is 3.18. The van der Waals surface area contributed by atoms with Crippen molar-refractivity contribution in [1.82, 2.24) is 4.90 Å². The molecule has 0 fully saturated rings. The predicted octanol–water partition coefficient (Wildman–Crippen LogP) is 6.59. The van der Waals surface area contributed by atoms with Gasteiger partial charge in [-0.25, -0.2) is 0 Å². The van der Waals surface area contributed by atoms with Gasteiger partial charge in [-0.15, -0.1) is 0 Å². The summed E-state index contributed by atoms with van der Waals surface area (Å²) in [6.45, 7) is 15.3. The predicted molar refractivity (Wildman–Crippen MR) is 155 cm³/mol. The molecule has 3 aromatic carbocycles. The third-order valence-corrected chi connectivity index (χ3v) is 6.17. The van der Waals surface area contributed by atoms with E-state index in [4.69, 9.17) is 18.0 Å². The fraction of sp³-hybridized carbons (Fsp3) is 0.414. The minimum Gasteiger partial charge on any atom is -0.367 e. The SMILES string of the molecule is CC.CCCN(C)CCN.CCN(Cc1ccc(C)cc1)c1ccc2c3c(cccc13)C(=S)N2. The van der Waals surface area contributed by atoms with E-state index in [2.05, 4.69) is 97.5 Å². The molecule has 0 saturated heterocycles. The minimum absolute atomic E-state index is 0.774. The number of anilines is 2. The summed E-state index contributed by atoms with van der Waals surface area (Å²) < 4.78 is 0. The van der Waals surface area contributed by atoms with Crippen molar-refractivity contribution in [2.45, 2.75) is 47.6 Å². The van der Waals surface area contributed by atoms with Crippen molar-refractivity contribution in [3.8, 4) is 0 Å². The Kier molecular flexibility index (Phi) is 11.5. The molecule has 5 heteroatoms. The van der Waals surface area contributed by atoms with Gasteiger partial charge in [0.05, 0.1) is 0 Å². The summed E-state index contributed by atoms with van der Waals surface area (Å²) >= 11 is 5.47. The third kappa shape index (κ3) is 7.02. The zero-order chi connectivity index (χ0) is 25.1. The second-order valence-electron chi connectivity index (χ2n) is 8.41. The van der Waals surface area contributed by atoms with Gasteiger partial charge in [0.25, 0.3) is 0 Å². The lowest BCUT2D eigenvalue weighted by atomic mass is 10.0. The maximum atomic E-state index is 5.47. The van der Waals surface area contributed by atoms with E-state index in [1.54, 1.807) is 0 Å². The zero-order valence-corrected chi connectivity index (χ0v) is 22.6. The van der Waals surface area contributed by atoms with E-state index in [0.717, 1.165) is 49.0 Å². The van der Waals surface area contributed by atoms with Crippen LogP contribution in [-0.2, 0) is 6.54 Å². The van der Waals surface area contributed by atoms with Crippen LogP contribution in [0.1, 0.15) is 50.8 Å². The number of thiocarbonyl (C=S) groups is 1. The first kappa shape index (κ1) is 27.8. The van der Waals surface area contributed by atoms with Gasteiger partial charge in [-0.2, -0.15) is 0 Å². The number of benzene rings is 3. The van der Waals surface area contributed by atoms with E-state index >= 15 is 0 Å². The topological polar surface area (TPSA) is 44.5 Å². The molecule has 0 saturated carbocycles. The number of aryl methyl sites for hydroxylation is 1. The van der Waals surface area contributed by atoms with Gasteiger partial charge in [0.2, 0.25) is 0 Å². The molecule has 0 aromatic heterocycles. The van der Waals surface area contributed by atoms with Crippen molar-refractivity contribution in [3.05, 3.63) is 71.3 Å². The summed E-state index contributed by atoms with van der Waals surface area (Å²) in [4.78, 5) is 5.49. The van der Waals surface area contributed by atoms with Crippen LogP contribution in [-0.4, -0.2) is 43.1 Å². The molecule has 0 radical (unpaired) electrons. The van der Waals surface area contributed by atoms with Crippen LogP contribution in [0.4, 0.5) is 11.4 Å². The Hall–Kier alpha value is -2.47. The molecule has 4 nitrogen and oxygen atoms in total. The van der Waals surface area contributed by atoms with Gasteiger partial charge in [-0.3, -0.25) is 0 Å². The Morgan fingerprint density at radius 3 is 2.26 bits per heavy atom. The maximum Gasteiger partial charge on any atom is 0.111 e. The normalized spacial score (nSPS) is 11.5. The fourth-order valence-electron chi connectivity index (χ4n) is 4.15. The van der Waals surface area contributed by atoms with Crippen LogP contribution in [0.5, 0.6) is 0 Å². The van der Waals surface area contributed by atoms with Gasteiger partial charge >= 0.3 is 0 Å².